The third kappa shape index (κ3) is 3.95. The first-order chi connectivity index (χ1) is 14.6. The zero-order valence-electron chi connectivity index (χ0n) is 17.3. The van der Waals surface area contributed by atoms with Crippen molar-refractivity contribution < 1.29 is 4.79 Å². The van der Waals surface area contributed by atoms with Crippen molar-refractivity contribution in [3.63, 3.8) is 0 Å². The van der Waals surface area contributed by atoms with Crippen LogP contribution in [0.25, 0.3) is 10.9 Å². The summed E-state index contributed by atoms with van der Waals surface area (Å²) in [5.41, 5.74) is 0.845. The largest absolute Gasteiger partial charge is 0.338 e. The minimum absolute atomic E-state index is 0.0463. The minimum atomic E-state index is -0.423. The summed E-state index contributed by atoms with van der Waals surface area (Å²) in [5, 5.41) is 0.463. The standard InChI is InChI=1S/C24H27N3O3/c1-18-9-7-8-15-25(18)22(28)17-27-21-13-6-5-12-20(21)23(29)26(24(27)30)16-14-19-10-3-2-4-11-19/h2-6,10-13,18H,7-9,14-17H2,1H3/t18-/m0/s1. The zero-order chi connectivity index (χ0) is 21.1. The van der Waals surface area contributed by atoms with Crippen molar-refractivity contribution >= 4 is 16.8 Å². The van der Waals surface area contributed by atoms with Gasteiger partial charge in [0.2, 0.25) is 5.91 Å². The normalized spacial score (nSPS) is 16.7. The molecule has 2 heterocycles. The molecule has 0 aliphatic carbocycles. The van der Waals surface area contributed by atoms with E-state index >= 15 is 0 Å². The summed E-state index contributed by atoms with van der Waals surface area (Å²) in [6.45, 7) is 3.01. The zero-order valence-corrected chi connectivity index (χ0v) is 17.3. The van der Waals surface area contributed by atoms with Crippen molar-refractivity contribution in [2.45, 2.75) is 51.7 Å². The van der Waals surface area contributed by atoms with Gasteiger partial charge >= 0.3 is 5.69 Å². The number of hydrogen-bond acceptors (Lipinski definition) is 3. The third-order valence-electron chi connectivity index (χ3n) is 6.02. The molecule has 1 amide bonds. The van der Waals surface area contributed by atoms with E-state index in [-0.39, 0.29) is 30.6 Å². The number of hydrogen-bond donors (Lipinski definition) is 0. The van der Waals surface area contributed by atoms with Gasteiger partial charge in [-0.05, 0) is 50.3 Å². The molecule has 2 aromatic carbocycles. The lowest BCUT2D eigenvalue weighted by Crippen LogP contribution is -2.47. The molecule has 0 bridgehead atoms. The predicted molar refractivity (Wildman–Crippen MR) is 118 cm³/mol. The second-order valence-electron chi connectivity index (χ2n) is 8.01. The molecule has 6 nitrogen and oxygen atoms in total. The number of nitrogens with zero attached hydrogens (tertiary/aromatic N) is 3. The van der Waals surface area contributed by atoms with Crippen LogP contribution in [0.2, 0.25) is 0 Å². The van der Waals surface area contributed by atoms with Crippen molar-refractivity contribution in [1.82, 2.24) is 14.0 Å². The van der Waals surface area contributed by atoms with Gasteiger partial charge in [0.15, 0.2) is 0 Å². The summed E-state index contributed by atoms with van der Waals surface area (Å²) in [6, 6.07) is 17.0. The number of carbonyl (C=O) groups excluding carboxylic acids is 1. The number of amides is 1. The molecule has 3 aromatic rings. The lowest BCUT2D eigenvalue weighted by atomic mass is 10.0. The Morgan fingerprint density at radius 1 is 0.967 bits per heavy atom. The van der Waals surface area contributed by atoms with Gasteiger partial charge in [0.1, 0.15) is 6.54 Å². The van der Waals surface area contributed by atoms with E-state index in [9.17, 15) is 14.4 Å². The molecule has 4 rings (SSSR count). The van der Waals surface area contributed by atoms with Crippen LogP contribution in [0.15, 0.2) is 64.2 Å². The van der Waals surface area contributed by atoms with E-state index in [0.29, 0.717) is 17.3 Å². The van der Waals surface area contributed by atoms with Crippen molar-refractivity contribution in [2.24, 2.45) is 0 Å². The van der Waals surface area contributed by atoms with Gasteiger partial charge in [0.25, 0.3) is 5.56 Å². The van der Waals surface area contributed by atoms with Crippen molar-refractivity contribution in [1.29, 1.82) is 0 Å². The van der Waals surface area contributed by atoms with Crippen LogP contribution in [0.3, 0.4) is 0 Å². The fourth-order valence-electron chi connectivity index (χ4n) is 4.30. The van der Waals surface area contributed by atoms with E-state index in [0.717, 1.165) is 31.4 Å². The fourth-order valence-corrected chi connectivity index (χ4v) is 4.30. The number of para-hydroxylation sites is 1. The number of rotatable bonds is 5. The van der Waals surface area contributed by atoms with E-state index in [1.165, 1.54) is 9.13 Å². The second kappa shape index (κ2) is 8.69. The molecule has 1 aromatic heterocycles. The molecule has 6 heteroatoms. The fraction of sp³-hybridized carbons (Fsp3) is 0.375. The van der Waals surface area contributed by atoms with Crippen molar-refractivity contribution in [3.05, 3.63) is 81.0 Å². The molecule has 30 heavy (non-hydrogen) atoms. The highest BCUT2D eigenvalue weighted by Gasteiger charge is 2.24. The summed E-state index contributed by atoms with van der Waals surface area (Å²) in [6.07, 6.45) is 3.67. The Hall–Kier alpha value is -3.15. The molecule has 156 valence electrons. The topological polar surface area (TPSA) is 64.3 Å². The van der Waals surface area contributed by atoms with Gasteiger partial charge in [-0.2, -0.15) is 0 Å². The van der Waals surface area contributed by atoms with E-state index in [1.807, 2.05) is 35.2 Å². The van der Waals surface area contributed by atoms with Crippen LogP contribution in [0.5, 0.6) is 0 Å². The number of fused-ring (bicyclic) bond motifs is 1. The van der Waals surface area contributed by atoms with E-state index in [2.05, 4.69) is 6.92 Å². The molecule has 0 N–H and O–H groups in total. The second-order valence-corrected chi connectivity index (χ2v) is 8.01. The number of piperidine rings is 1. The molecule has 1 aliphatic heterocycles. The quantitative estimate of drug-likeness (QED) is 0.656. The Bertz CT molecular complexity index is 1160. The van der Waals surface area contributed by atoms with Crippen LogP contribution in [0.1, 0.15) is 31.7 Å². The Morgan fingerprint density at radius 2 is 1.70 bits per heavy atom. The average Bonchev–Trinajstić information content (AvgIpc) is 2.77. The first-order valence-electron chi connectivity index (χ1n) is 10.6. The average molecular weight is 405 g/mol. The lowest BCUT2D eigenvalue weighted by Gasteiger charge is -2.33. The molecule has 0 spiro atoms. The maximum atomic E-state index is 13.3. The molecule has 1 fully saturated rings. The van der Waals surface area contributed by atoms with Gasteiger partial charge in [-0.1, -0.05) is 42.5 Å². The summed E-state index contributed by atoms with van der Waals surface area (Å²) >= 11 is 0. The number of aryl methyl sites for hydroxylation is 1. The van der Waals surface area contributed by atoms with Crippen LogP contribution in [0, 0.1) is 0 Å². The highest BCUT2D eigenvalue weighted by molar-refractivity contribution is 5.81. The Kier molecular flexibility index (Phi) is 5.84. The van der Waals surface area contributed by atoms with Gasteiger partial charge in [-0.15, -0.1) is 0 Å². The highest BCUT2D eigenvalue weighted by atomic mass is 16.2. The molecule has 0 unspecified atom stereocenters. The summed E-state index contributed by atoms with van der Waals surface area (Å²) < 4.78 is 2.73. The van der Waals surface area contributed by atoms with Crippen LogP contribution in [0.4, 0.5) is 0 Å². The lowest BCUT2D eigenvalue weighted by molar-refractivity contribution is -0.135. The smallest absolute Gasteiger partial charge is 0.331 e. The number of likely N-dealkylation sites (tertiary alicyclic amines) is 1. The van der Waals surface area contributed by atoms with Crippen LogP contribution < -0.4 is 11.2 Å². The van der Waals surface area contributed by atoms with Gasteiger partial charge in [-0.25, -0.2) is 4.79 Å². The summed E-state index contributed by atoms with van der Waals surface area (Å²) in [5.74, 6) is -0.0669. The Balaban J connectivity index is 1.72. The van der Waals surface area contributed by atoms with Gasteiger partial charge in [-0.3, -0.25) is 18.7 Å². The highest BCUT2D eigenvalue weighted by Crippen LogP contribution is 2.17. The minimum Gasteiger partial charge on any atom is -0.338 e. The number of carbonyl (C=O) groups is 1. The summed E-state index contributed by atoms with van der Waals surface area (Å²) in [7, 11) is 0. The number of benzene rings is 2. The Labute approximate surface area is 175 Å². The first kappa shape index (κ1) is 20.1. The summed E-state index contributed by atoms with van der Waals surface area (Å²) in [4.78, 5) is 41.2. The monoisotopic (exact) mass is 405 g/mol. The molecule has 1 aliphatic rings. The van der Waals surface area contributed by atoms with Gasteiger partial charge in [0.05, 0.1) is 10.9 Å². The maximum Gasteiger partial charge on any atom is 0.331 e. The third-order valence-corrected chi connectivity index (χ3v) is 6.02. The predicted octanol–water partition coefficient (Wildman–Crippen LogP) is 2.81. The Morgan fingerprint density at radius 3 is 2.47 bits per heavy atom. The van der Waals surface area contributed by atoms with Crippen molar-refractivity contribution in [3.8, 4) is 0 Å². The van der Waals surface area contributed by atoms with Crippen LogP contribution in [-0.4, -0.2) is 32.5 Å². The number of aromatic nitrogens is 2. The molecular formula is C24H27N3O3. The van der Waals surface area contributed by atoms with E-state index in [1.54, 1.807) is 24.3 Å². The molecular weight excluding hydrogens is 378 g/mol. The van der Waals surface area contributed by atoms with Gasteiger partial charge < -0.3 is 4.90 Å². The van der Waals surface area contributed by atoms with E-state index in [4.69, 9.17) is 0 Å². The molecule has 0 radical (unpaired) electrons. The van der Waals surface area contributed by atoms with Crippen LogP contribution >= 0.6 is 0 Å². The molecule has 1 saturated heterocycles. The SMILES string of the molecule is C[C@H]1CCCCN1C(=O)Cn1c(=O)n(CCc2ccccc2)c(=O)c2ccccc21. The van der Waals surface area contributed by atoms with Gasteiger partial charge in [0, 0.05) is 19.1 Å². The van der Waals surface area contributed by atoms with E-state index < -0.39 is 5.69 Å². The maximum absolute atomic E-state index is 13.3. The van der Waals surface area contributed by atoms with Crippen LogP contribution in [-0.2, 0) is 24.3 Å². The van der Waals surface area contributed by atoms with Crippen molar-refractivity contribution in [2.75, 3.05) is 6.54 Å². The first-order valence-corrected chi connectivity index (χ1v) is 10.6. The molecule has 1 atom stereocenters. The molecule has 0 saturated carbocycles.